The number of amides is 1. The Morgan fingerprint density at radius 2 is 1.84 bits per heavy atom. The monoisotopic (exact) mass is 555 g/mol. The number of halogens is 7. The smallest absolute Gasteiger partial charge is 0.488 e. The SMILES string of the molecule is O=C(NC1CCC(n2cc(OCCOC(F)(F)F)cn2)CC1)[C@H]1C[C@@H](O)c2cc(C(F)(F)F)c(F)cc2O1. The lowest BCUT2D eigenvalue weighted by Gasteiger charge is -2.33. The van der Waals surface area contributed by atoms with Gasteiger partial charge in [-0.2, -0.15) is 18.3 Å². The molecule has 2 aliphatic rings. The molecular weight excluding hydrogens is 531 g/mol. The zero-order valence-corrected chi connectivity index (χ0v) is 19.7. The summed E-state index contributed by atoms with van der Waals surface area (Å²) < 4.78 is 105. The Morgan fingerprint density at radius 1 is 1.13 bits per heavy atom. The van der Waals surface area contributed by atoms with Gasteiger partial charge in [-0.3, -0.25) is 14.2 Å². The van der Waals surface area contributed by atoms with Gasteiger partial charge in [-0.1, -0.05) is 0 Å². The number of nitrogens with one attached hydrogen (secondary N) is 1. The van der Waals surface area contributed by atoms with E-state index in [1.54, 1.807) is 10.9 Å². The maximum atomic E-state index is 14.0. The summed E-state index contributed by atoms with van der Waals surface area (Å²) in [5.41, 5.74) is -1.76. The lowest BCUT2D eigenvalue weighted by molar-refractivity contribution is -0.325. The van der Waals surface area contributed by atoms with Crippen molar-refractivity contribution in [3.05, 3.63) is 41.5 Å². The molecule has 1 aliphatic carbocycles. The molecule has 0 unspecified atom stereocenters. The Bertz CT molecular complexity index is 1130. The molecule has 210 valence electrons. The number of ether oxygens (including phenoxy) is 3. The molecule has 0 radical (unpaired) electrons. The predicted octanol–water partition coefficient (Wildman–Crippen LogP) is 4.44. The van der Waals surface area contributed by atoms with Crippen LogP contribution >= 0.6 is 0 Å². The number of carbonyl (C=O) groups excluding carboxylic acids is 1. The maximum Gasteiger partial charge on any atom is 0.522 e. The molecule has 1 aromatic carbocycles. The summed E-state index contributed by atoms with van der Waals surface area (Å²) in [4.78, 5) is 12.7. The first-order valence-corrected chi connectivity index (χ1v) is 11.7. The first kappa shape index (κ1) is 28.0. The molecule has 2 aromatic rings. The first-order valence-electron chi connectivity index (χ1n) is 11.7. The third-order valence-electron chi connectivity index (χ3n) is 6.38. The Labute approximate surface area is 211 Å². The van der Waals surface area contributed by atoms with E-state index in [0.717, 1.165) is 0 Å². The lowest BCUT2D eigenvalue weighted by atomic mass is 9.90. The molecule has 8 nitrogen and oxygen atoms in total. The number of aliphatic hydroxyl groups excluding tert-OH is 1. The quantitative estimate of drug-likeness (QED) is 0.388. The standard InChI is InChI=1S/C23H24F7N3O5/c24-17-8-19-15(7-16(17)22(25,26)27)18(34)9-20(38-19)21(35)32-12-1-3-13(4-2-12)33-11-14(10-31-33)36-5-6-37-23(28,29)30/h7-8,10-13,18,20,34H,1-6,9H2,(H,32,35)/t12?,13?,18-,20-/m1/s1. The summed E-state index contributed by atoms with van der Waals surface area (Å²) in [6.07, 6.45) is -7.32. The van der Waals surface area contributed by atoms with Crippen LogP contribution in [0.1, 0.15) is 55.4 Å². The minimum Gasteiger partial charge on any atom is -0.488 e. The molecule has 4 rings (SSSR count). The second-order valence-corrected chi connectivity index (χ2v) is 9.04. The minimum absolute atomic E-state index is 0.0302. The molecule has 38 heavy (non-hydrogen) atoms. The van der Waals surface area contributed by atoms with Crippen LogP contribution < -0.4 is 14.8 Å². The van der Waals surface area contributed by atoms with Gasteiger partial charge in [0.25, 0.3) is 5.91 Å². The maximum absolute atomic E-state index is 14.0. The first-order chi connectivity index (χ1) is 17.8. The zero-order valence-electron chi connectivity index (χ0n) is 19.7. The van der Waals surface area contributed by atoms with Crippen LogP contribution in [0.4, 0.5) is 30.7 Å². The molecule has 1 amide bonds. The molecule has 1 fully saturated rings. The van der Waals surface area contributed by atoms with E-state index in [1.807, 2.05) is 0 Å². The van der Waals surface area contributed by atoms with Gasteiger partial charge < -0.3 is 19.9 Å². The van der Waals surface area contributed by atoms with Crippen molar-refractivity contribution < 1.29 is 54.8 Å². The number of rotatable bonds is 7. The van der Waals surface area contributed by atoms with Crippen LogP contribution in [0.5, 0.6) is 11.5 Å². The van der Waals surface area contributed by atoms with Crippen LogP contribution in [0.15, 0.2) is 24.5 Å². The van der Waals surface area contributed by atoms with Crippen LogP contribution in [0.25, 0.3) is 0 Å². The fourth-order valence-electron chi connectivity index (χ4n) is 4.53. The van der Waals surface area contributed by atoms with E-state index in [0.29, 0.717) is 43.6 Å². The fourth-order valence-corrected chi connectivity index (χ4v) is 4.53. The number of aliphatic hydroxyl groups is 1. The molecule has 0 bridgehead atoms. The molecule has 1 aromatic heterocycles. The average molecular weight is 555 g/mol. The fraction of sp³-hybridized carbons (Fsp3) is 0.565. The van der Waals surface area contributed by atoms with Crippen LogP contribution in [-0.4, -0.2) is 52.5 Å². The molecule has 2 atom stereocenters. The highest BCUT2D eigenvalue weighted by Crippen LogP contribution is 2.41. The van der Waals surface area contributed by atoms with Gasteiger partial charge in [0, 0.05) is 24.1 Å². The van der Waals surface area contributed by atoms with E-state index in [1.165, 1.54) is 6.20 Å². The van der Waals surface area contributed by atoms with E-state index >= 15 is 0 Å². The summed E-state index contributed by atoms with van der Waals surface area (Å²) in [7, 11) is 0. The molecule has 15 heteroatoms. The second-order valence-electron chi connectivity index (χ2n) is 9.04. The van der Waals surface area contributed by atoms with Crippen LogP contribution in [-0.2, 0) is 15.7 Å². The van der Waals surface area contributed by atoms with Crippen molar-refractivity contribution in [2.45, 2.75) is 68.9 Å². The van der Waals surface area contributed by atoms with Gasteiger partial charge in [0.05, 0.1) is 36.7 Å². The van der Waals surface area contributed by atoms with Crippen molar-refractivity contribution in [1.82, 2.24) is 15.1 Å². The number of aromatic nitrogens is 2. The topological polar surface area (TPSA) is 94.8 Å². The number of nitrogens with zero attached hydrogens (tertiary/aromatic N) is 2. The molecule has 1 saturated carbocycles. The molecule has 0 saturated heterocycles. The zero-order chi connectivity index (χ0) is 27.7. The van der Waals surface area contributed by atoms with Gasteiger partial charge in [-0.05, 0) is 31.7 Å². The summed E-state index contributed by atoms with van der Waals surface area (Å²) in [6, 6.07) is 0.748. The average Bonchev–Trinajstić information content (AvgIpc) is 3.29. The number of carbonyl (C=O) groups is 1. The normalized spacial score (nSPS) is 23.9. The molecule has 0 spiro atoms. The minimum atomic E-state index is -4.94. The van der Waals surface area contributed by atoms with Crippen molar-refractivity contribution in [2.24, 2.45) is 0 Å². The van der Waals surface area contributed by atoms with E-state index in [9.17, 15) is 40.6 Å². The van der Waals surface area contributed by atoms with Gasteiger partial charge in [0.15, 0.2) is 11.9 Å². The molecule has 1 aliphatic heterocycles. The van der Waals surface area contributed by atoms with E-state index < -0.39 is 48.6 Å². The van der Waals surface area contributed by atoms with Crippen molar-refractivity contribution in [3.63, 3.8) is 0 Å². The summed E-state index contributed by atoms with van der Waals surface area (Å²) >= 11 is 0. The summed E-state index contributed by atoms with van der Waals surface area (Å²) in [6.45, 7) is -0.959. The summed E-state index contributed by atoms with van der Waals surface area (Å²) in [5.74, 6) is -2.17. The van der Waals surface area contributed by atoms with Crippen LogP contribution in [0.3, 0.4) is 0 Å². The Morgan fingerprint density at radius 3 is 2.50 bits per heavy atom. The van der Waals surface area contributed by atoms with Crippen LogP contribution in [0, 0.1) is 5.82 Å². The van der Waals surface area contributed by atoms with E-state index in [4.69, 9.17) is 9.47 Å². The highest BCUT2D eigenvalue weighted by molar-refractivity contribution is 5.82. The third kappa shape index (κ3) is 6.87. The number of fused-ring (bicyclic) bond motifs is 1. The van der Waals surface area contributed by atoms with Gasteiger partial charge in [0.1, 0.15) is 18.2 Å². The van der Waals surface area contributed by atoms with Crippen LogP contribution in [0.2, 0.25) is 0 Å². The number of benzene rings is 1. The van der Waals surface area contributed by atoms with Gasteiger partial charge in [-0.25, -0.2) is 4.39 Å². The van der Waals surface area contributed by atoms with Gasteiger partial charge in [0.2, 0.25) is 0 Å². The summed E-state index contributed by atoms with van der Waals surface area (Å²) in [5, 5.41) is 17.3. The Hall–Kier alpha value is -3.07. The number of hydrogen-bond acceptors (Lipinski definition) is 6. The van der Waals surface area contributed by atoms with E-state index in [2.05, 4.69) is 15.2 Å². The third-order valence-corrected chi connectivity index (χ3v) is 6.38. The highest BCUT2D eigenvalue weighted by atomic mass is 19.4. The van der Waals surface area contributed by atoms with Crippen molar-refractivity contribution in [1.29, 1.82) is 0 Å². The highest BCUT2D eigenvalue weighted by Gasteiger charge is 2.39. The van der Waals surface area contributed by atoms with Gasteiger partial charge >= 0.3 is 12.5 Å². The van der Waals surface area contributed by atoms with Gasteiger partial charge in [-0.15, -0.1) is 13.2 Å². The number of alkyl halides is 6. The molecule has 2 heterocycles. The van der Waals surface area contributed by atoms with E-state index in [-0.39, 0.29) is 36.4 Å². The Kier molecular flexibility index (Phi) is 8.06. The number of hydrogen-bond donors (Lipinski definition) is 2. The second kappa shape index (κ2) is 11.0. The lowest BCUT2D eigenvalue weighted by Crippen LogP contribution is -2.46. The van der Waals surface area contributed by atoms with Crippen molar-refractivity contribution in [2.75, 3.05) is 13.2 Å². The largest absolute Gasteiger partial charge is 0.522 e. The molecular formula is C23H24F7N3O5. The Balaban J connectivity index is 1.26. The van der Waals surface area contributed by atoms with Crippen molar-refractivity contribution in [3.8, 4) is 11.5 Å². The van der Waals surface area contributed by atoms with Crippen molar-refractivity contribution >= 4 is 5.91 Å². The predicted molar refractivity (Wildman–Crippen MR) is 115 cm³/mol. The molecule has 2 N–H and O–H groups in total.